The highest BCUT2D eigenvalue weighted by atomic mass is 16.5. The molecule has 0 bridgehead atoms. The van der Waals surface area contributed by atoms with Gasteiger partial charge in [-0.15, -0.1) is 4.90 Å². The molecule has 6 nitrogen and oxygen atoms in total. The molecule has 23 heavy (non-hydrogen) atoms. The van der Waals surface area contributed by atoms with Crippen LogP contribution in [0.5, 0.6) is 0 Å². The second-order valence-electron chi connectivity index (χ2n) is 4.81. The van der Waals surface area contributed by atoms with Crippen LogP contribution in [-0.4, -0.2) is 11.0 Å². The molecule has 0 aliphatic rings. The number of nitrogens with zero attached hydrogens (tertiary/aromatic N) is 3. The van der Waals surface area contributed by atoms with Crippen molar-refractivity contribution in [1.82, 2.24) is 4.98 Å². The molecule has 6 heteroatoms. The minimum Gasteiger partial charge on any atom is -0.740 e. The smallest absolute Gasteiger partial charge is 0.408 e. The SMILES string of the molecule is NC(=O)N(c1ccccc1)c1nc(-c2ccccc2)cc[n+]1[O-]. The summed E-state index contributed by atoms with van der Waals surface area (Å²) in [6.45, 7) is 0. The zero-order valence-corrected chi connectivity index (χ0v) is 12.2. The molecule has 3 rings (SSSR count). The molecule has 0 aliphatic heterocycles. The summed E-state index contributed by atoms with van der Waals surface area (Å²) >= 11 is 0. The van der Waals surface area contributed by atoms with Crippen LogP contribution in [0.3, 0.4) is 0 Å². The maximum absolute atomic E-state index is 12.1. The standard InChI is InChI=1S/C17H14N4O2/c18-16(22)21(14-9-5-2-6-10-14)17-19-15(11-12-20(17)23)13-7-3-1-4-8-13/h1-12H,(H2,18,22). The molecule has 1 aromatic heterocycles. The van der Waals surface area contributed by atoms with Gasteiger partial charge in [0.05, 0.1) is 6.20 Å². The van der Waals surface area contributed by atoms with Crippen molar-refractivity contribution in [3.05, 3.63) is 78.1 Å². The summed E-state index contributed by atoms with van der Waals surface area (Å²) in [6.07, 6.45) is 1.31. The number of nitrogens with two attached hydrogens (primary N) is 1. The van der Waals surface area contributed by atoms with Crippen molar-refractivity contribution in [3.63, 3.8) is 0 Å². The molecule has 3 aromatic rings. The number of para-hydroxylation sites is 1. The summed E-state index contributed by atoms with van der Waals surface area (Å²) in [6, 6.07) is 18.9. The predicted molar refractivity (Wildman–Crippen MR) is 86.8 cm³/mol. The molecule has 2 amide bonds. The van der Waals surface area contributed by atoms with Crippen LogP contribution in [0.1, 0.15) is 0 Å². The Balaban J connectivity index is 2.12. The quantitative estimate of drug-likeness (QED) is 0.596. The normalized spacial score (nSPS) is 10.3. The number of urea groups is 1. The summed E-state index contributed by atoms with van der Waals surface area (Å²) in [7, 11) is 0. The van der Waals surface area contributed by atoms with Crippen LogP contribution in [-0.2, 0) is 0 Å². The van der Waals surface area contributed by atoms with E-state index in [2.05, 4.69) is 4.98 Å². The average molecular weight is 306 g/mol. The van der Waals surface area contributed by atoms with Crippen LogP contribution < -0.4 is 15.4 Å². The van der Waals surface area contributed by atoms with E-state index in [-0.39, 0.29) is 5.95 Å². The topological polar surface area (TPSA) is 86.2 Å². The van der Waals surface area contributed by atoms with Crippen molar-refractivity contribution < 1.29 is 9.52 Å². The van der Waals surface area contributed by atoms with E-state index in [0.717, 1.165) is 10.5 Å². The summed E-state index contributed by atoms with van der Waals surface area (Å²) < 4.78 is 0.518. The predicted octanol–water partition coefficient (Wildman–Crippen LogP) is 2.60. The maximum atomic E-state index is 12.1. The fourth-order valence-electron chi connectivity index (χ4n) is 2.24. The fourth-order valence-corrected chi connectivity index (χ4v) is 2.24. The van der Waals surface area contributed by atoms with Gasteiger partial charge >= 0.3 is 12.0 Å². The van der Waals surface area contributed by atoms with Crippen molar-refractivity contribution in [3.8, 4) is 11.3 Å². The van der Waals surface area contributed by atoms with Gasteiger partial charge in [0.1, 0.15) is 5.69 Å². The van der Waals surface area contributed by atoms with Gasteiger partial charge in [-0.05, 0) is 12.1 Å². The molecule has 0 radical (unpaired) electrons. The van der Waals surface area contributed by atoms with Gasteiger partial charge in [-0.3, -0.25) is 0 Å². The zero-order valence-electron chi connectivity index (χ0n) is 12.2. The van der Waals surface area contributed by atoms with E-state index in [9.17, 15) is 10.0 Å². The van der Waals surface area contributed by atoms with Gasteiger partial charge < -0.3 is 10.9 Å². The van der Waals surface area contributed by atoms with Gasteiger partial charge in [0, 0.05) is 11.6 Å². The third-order valence-corrected chi connectivity index (χ3v) is 3.29. The Kier molecular flexibility index (Phi) is 3.88. The number of primary amides is 1. The Bertz CT molecular complexity index is 823. The summed E-state index contributed by atoms with van der Waals surface area (Å²) in [4.78, 5) is 17.3. The summed E-state index contributed by atoms with van der Waals surface area (Å²) in [5.74, 6) is -0.0925. The van der Waals surface area contributed by atoms with Gasteiger partial charge in [0.25, 0.3) is 0 Å². The van der Waals surface area contributed by atoms with E-state index in [0.29, 0.717) is 16.1 Å². The lowest BCUT2D eigenvalue weighted by molar-refractivity contribution is -0.594. The third kappa shape index (κ3) is 2.96. The van der Waals surface area contributed by atoms with Gasteiger partial charge in [-0.1, -0.05) is 53.5 Å². The monoisotopic (exact) mass is 306 g/mol. The highest BCUT2D eigenvalue weighted by Crippen LogP contribution is 2.23. The molecule has 0 spiro atoms. The fraction of sp³-hybridized carbons (Fsp3) is 0. The number of hydrogen-bond acceptors (Lipinski definition) is 3. The first-order valence-corrected chi connectivity index (χ1v) is 6.97. The van der Waals surface area contributed by atoms with E-state index in [4.69, 9.17) is 5.73 Å². The first-order valence-electron chi connectivity index (χ1n) is 6.97. The van der Waals surface area contributed by atoms with Crippen molar-refractivity contribution in [2.45, 2.75) is 0 Å². The number of hydrogen-bond donors (Lipinski definition) is 1. The molecule has 0 aliphatic carbocycles. The largest absolute Gasteiger partial charge is 0.740 e. The average Bonchev–Trinajstić information content (AvgIpc) is 2.58. The van der Waals surface area contributed by atoms with Crippen LogP contribution >= 0.6 is 0 Å². The lowest BCUT2D eigenvalue weighted by atomic mass is 10.1. The molecule has 0 unspecified atom stereocenters. The molecule has 0 saturated heterocycles. The summed E-state index contributed by atoms with van der Waals surface area (Å²) in [5, 5.41) is 12.1. The minimum atomic E-state index is -0.779. The lowest BCUT2D eigenvalue weighted by Crippen LogP contribution is -2.42. The Morgan fingerprint density at radius 3 is 2.22 bits per heavy atom. The third-order valence-electron chi connectivity index (χ3n) is 3.29. The second kappa shape index (κ2) is 6.15. The number of carbonyl (C=O) groups is 1. The first kappa shape index (κ1) is 14.5. The minimum absolute atomic E-state index is 0.0925. The van der Waals surface area contributed by atoms with E-state index in [1.807, 2.05) is 36.4 Å². The number of carbonyl (C=O) groups excluding carboxylic acids is 1. The van der Waals surface area contributed by atoms with Crippen molar-refractivity contribution in [1.29, 1.82) is 0 Å². The van der Waals surface area contributed by atoms with Crippen LogP contribution in [0.4, 0.5) is 16.4 Å². The Hall–Kier alpha value is -3.41. The van der Waals surface area contributed by atoms with E-state index in [1.54, 1.807) is 30.3 Å². The Labute approximate surface area is 133 Å². The van der Waals surface area contributed by atoms with Crippen molar-refractivity contribution in [2.24, 2.45) is 5.73 Å². The number of anilines is 2. The molecule has 2 aromatic carbocycles. The highest BCUT2D eigenvalue weighted by molar-refractivity contribution is 5.96. The van der Waals surface area contributed by atoms with Crippen molar-refractivity contribution in [2.75, 3.05) is 4.90 Å². The van der Waals surface area contributed by atoms with Gasteiger partial charge in [0.15, 0.2) is 5.69 Å². The molecule has 0 saturated carbocycles. The zero-order chi connectivity index (χ0) is 16.2. The maximum Gasteiger partial charge on any atom is 0.408 e. The highest BCUT2D eigenvalue weighted by Gasteiger charge is 2.27. The molecule has 0 atom stereocenters. The van der Waals surface area contributed by atoms with Crippen LogP contribution in [0.25, 0.3) is 11.3 Å². The second-order valence-corrected chi connectivity index (χ2v) is 4.81. The van der Waals surface area contributed by atoms with E-state index >= 15 is 0 Å². The van der Waals surface area contributed by atoms with Gasteiger partial charge in [-0.2, -0.15) is 0 Å². The number of benzene rings is 2. The molecule has 2 N–H and O–H groups in total. The molecule has 1 heterocycles. The van der Waals surface area contributed by atoms with Crippen LogP contribution in [0, 0.1) is 5.21 Å². The van der Waals surface area contributed by atoms with Crippen molar-refractivity contribution >= 4 is 17.7 Å². The Morgan fingerprint density at radius 1 is 1.00 bits per heavy atom. The summed E-state index contributed by atoms with van der Waals surface area (Å²) in [5.41, 5.74) is 7.35. The van der Waals surface area contributed by atoms with Crippen LogP contribution in [0.15, 0.2) is 72.9 Å². The number of rotatable bonds is 3. The van der Waals surface area contributed by atoms with Gasteiger partial charge in [-0.25, -0.2) is 9.52 Å². The number of amides is 2. The lowest BCUT2D eigenvalue weighted by Gasteiger charge is -2.17. The van der Waals surface area contributed by atoms with E-state index < -0.39 is 6.03 Å². The molecular weight excluding hydrogens is 292 g/mol. The van der Waals surface area contributed by atoms with Crippen LogP contribution in [0.2, 0.25) is 0 Å². The van der Waals surface area contributed by atoms with Gasteiger partial charge in [0.2, 0.25) is 0 Å². The molecular formula is C17H14N4O2. The number of aromatic nitrogens is 2. The first-order chi connectivity index (χ1) is 11.2. The molecule has 0 fully saturated rings. The Morgan fingerprint density at radius 2 is 1.61 bits per heavy atom. The van der Waals surface area contributed by atoms with E-state index in [1.165, 1.54) is 6.20 Å². The molecule has 114 valence electrons.